The van der Waals surface area contributed by atoms with Gasteiger partial charge in [0.1, 0.15) is 0 Å². The van der Waals surface area contributed by atoms with Gasteiger partial charge in [0.2, 0.25) is 0 Å². The van der Waals surface area contributed by atoms with Crippen molar-refractivity contribution < 1.29 is 5.11 Å². The van der Waals surface area contributed by atoms with Crippen molar-refractivity contribution in [3.8, 4) is 0 Å². The summed E-state index contributed by atoms with van der Waals surface area (Å²) in [4.78, 5) is 5.02. The molecule has 3 rings (SSSR count). The number of aliphatic hydroxyl groups excluding tert-OH is 1. The molecule has 4 heteroatoms. The highest BCUT2D eigenvalue weighted by Crippen LogP contribution is 2.27. The highest BCUT2D eigenvalue weighted by atomic mass is 16.3. The minimum absolute atomic E-state index is 0.187. The number of benzene rings is 1. The largest absolute Gasteiger partial charge is 0.392 e. The maximum Gasteiger partial charge on any atom is 0.0692 e. The van der Waals surface area contributed by atoms with Gasteiger partial charge in [-0.1, -0.05) is 38.0 Å². The van der Waals surface area contributed by atoms with Crippen molar-refractivity contribution in [2.45, 2.75) is 45.3 Å². The van der Waals surface area contributed by atoms with Gasteiger partial charge in [-0.15, -0.1) is 0 Å². The van der Waals surface area contributed by atoms with Crippen molar-refractivity contribution in [1.29, 1.82) is 0 Å². The molecule has 0 bridgehead atoms. The molecular formula is C20H33N3O. The lowest BCUT2D eigenvalue weighted by atomic mass is 10.0. The van der Waals surface area contributed by atoms with Crippen molar-refractivity contribution in [3.63, 3.8) is 0 Å². The SMILES string of the molecule is CCN1CCN(c2ccccc2CNCC(O)C2CCCC2)CC1. The molecule has 1 atom stereocenters. The molecule has 2 fully saturated rings. The first-order valence-electron chi connectivity index (χ1n) is 9.72. The molecule has 0 amide bonds. The summed E-state index contributed by atoms with van der Waals surface area (Å²) in [7, 11) is 0. The van der Waals surface area contributed by atoms with Gasteiger partial charge < -0.3 is 20.2 Å². The molecule has 1 aromatic carbocycles. The molecule has 2 N–H and O–H groups in total. The van der Waals surface area contributed by atoms with Crippen LogP contribution in [0.2, 0.25) is 0 Å². The van der Waals surface area contributed by atoms with E-state index in [1.165, 1.54) is 36.9 Å². The summed E-state index contributed by atoms with van der Waals surface area (Å²) in [5.74, 6) is 0.509. The van der Waals surface area contributed by atoms with Crippen molar-refractivity contribution in [3.05, 3.63) is 29.8 Å². The standard InChI is InChI=1S/C20H33N3O/c1-2-22-11-13-23(14-12-22)19-10-6-5-9-18(19)15-21-16-20(24)17-7-3-4-8-17/h5-6,9-10,17,20-21,24H,2-4,7-8,11-16H2,1H3. The molecular weight excluding hydrogens is 298 g/mol. The number of hydrogen-bond donors (Lipinski definition) is 2. The predicted octanol–water partition coefficient (Wildman–Crippen LogP) is 2.47. The first-order chi connectivity index (χ1) is 11.8. The second-order valence-electron chi connectivity index (χ2n) is 7.29. The lowest BCUT2D eigenvalue weighted by Crippen LogP contribution is -2.46. The van der Waals surface area contributed by atoms with Gasteiger partial charge in [-0.25, -0.2) is 0 Å². The quantitative estimate of drug-likeness (QED) is 0.805. The van der Waals surface area contributed by atoms with Crippen molar-refractivity contribution >= 4 is 5.69 Å². The van der Waals surface area contributed by atoms with E-state index >= 15 is 0 Å². The normalized spacial score (nSPS) is 21.3. The van der Waals surface area contributed by atoms with Gasteiger partial charge >= 0.3 is 0 Å². The maximum absolute atomic E-state index is 10.3. The molecule has 1 unspecified atom stereocenters. The van der Waals surface area contributed by atoms with E-state index in [0.29, 0.717) is 12.5 Å². The summed E-state index contributed by atoms with van der Waals surface area (Å²) < 4.78 is 0. The number of para-hydroxylation sites is 1. The Bertz CT molecular complexity index is 493. The molecule has 1 saturated heterocycles. The van der Waals surface area contributed by atoms with E-state index in [9.17, 15) is 5.11 Å². The summed E-state index contributed by atoms with van der Waals surface area (Å²) in [6, 6.07) is 8.72. The molecule has 4 nitrogen and oxygen atoms in total. The third kappa shape index (κ3) is 4.50. The number of likely N-dealkylation sites (N-methyl/N-ethyl adjacent to an activating group) is 1. The number of piperazine rings is 1. The molecule has 1 aliphatic carbocycles. The van der Waals surface area contributed by atoms with Crippen LogP contribution in [-0.2, 0) is 6.54 Å². The Morgan fingerprint density at radius 3 is 2.54 bits per heavy atom. The molecule has 1 aromatic rings. The van der Waals surface area contributed by atoms with E-state index in [4.69, 9.17) is 0 Å². The van der Waals surface area contributed by atoms with Crippen LogP contribution in [0.1, 0.15) is 38.2 Å². The zero-order chi connectivity index (χ0) is 16.8. The van der Waals surface area contributed by atoms with Crippen molar-refractivity contribution in [2.24, 2.45) is 5.92 Å². The fraction of sp³-hybridized carbons (Fsp3) is 0.700. The van der Waals surface area contributed by atoms with Crippen LogP contribution in [0.4, 0.5) is 5.69 Å². The summed E-state index contributed by atoms with van der Waals surface area (Å²) >= 11 is 0. The number of rotatable bonds is 7. The fourth-order valence-corrected chi connectivity index (χ4v) is 4.14. The molecule has 1 saturated carbocycles. The highest BCUT2D eigenvalue weighted by molar-refractivity contribution is 5.54. The van der Waals surface area contributed by atoms with Gasteiger partial charge in [-0.3, -0.25) is 0 Å². The summed E-state index contributed by atoms with van der Waals surface area (Å²) in [5.41, 5.74) is 2.71. The average Bonchev–Trinajstić information content (AvgIpc) is 3.17. The number of hydrogen-bond acceptors (Lipinski definition) is 4. The topological polar surface area (TPSA) is 38.7 Å². The van der Waals surface area contributed by atoms with E-state index < -0.39 is 0 Å². The lowest BCUT2D eigenvalue weighted by Gasteiger charge is -2.36. The Hall–Kier alpha value is -1.10. The minimum atomic E-state index is -0.187. The maximum atomic E-state index is 10.3. The Labute approximate surface area is 146 Å². The molecule has 24 heavy (non-hydrogen) atoms. The lowest BCUT2D eigenvalue weighted by molar-refractivity contribution is 0.109. The van der Waals surface area contributed by atoms with Crippen LogP contribution in [-0.4, -0.2) is 55.4 Å². The van der Waals surface area contributed by atoms with Crippen LogP contribution < -0.4 is 10.2 Å². The van der Waals surface area contributed by atoms with Gasteiger partial charge in [-0.05, 0) is 36.9 Å². The number of anilines is 1. The highest BCUT2D eigenvalue weighted by Gasteiger charge is 2.23. The molecule has 2 aliphatic rings. The third-order valence-electron chi connectivity index (χ3n) is 5.76. The number of nitrogens with one attached hydrogen (secondary N) is 1. The van der Waals surface area contributed by atoms with Crippen LogP contribution in [0.3, 0.4) is 0 Å². The molecule has 1 heterocycles. The predicted molar refractivity (Wildman–Crippen MR) is 100 cm³/mol. The number of nitrogens with zero attached hydrogens (tertiary/aromatic N) is 2. The first kappa shape index (κ1) is 17.7. The molecule has 0 radical (unpaired) electrons. The monoisotopic (exact) mass is 331 g/mol. The van der Waals surface area contributed by atoms with Crippen molar-refractivity contribution in [2.75, 3.05) is 44.2 Å². The third-order valence-corrected chi connectivity index (χ3v) is 5.76. The first-order valence-corrected chi connectivity index (χ1v) is 9.72. The zero-order valence-electron chi connectivity index (χ0n) is 15.1. The molecule has 1 aliphatic heterocycles. The van der Waals surface area contributed by atoms with Crippen LogP contribution in [0, 0.1) is 5.92 Å². The van der Waals surface area contributed by atoms with E-state index in [2.05, 4.69) is 46.3 Å². The van der Waals surface area contributed by atoms with Crippen LogP contribution >= 0.6 is 0 Å². The number of aliphatic hydroxyl groups is 1. The van der Waals surface area contributed by atoms with Crippen LogP contribution in [0.5, 0.6) is 0 Å². The van der Waals surface area contributed by atoms with E-state index in [-0.39, 0.29) is 6.10 Å². The summed E-state index contributed by atoms with van der Waals surface area (Å²) in [6.07, 6.45) is 4.78. The Balaban J connectivity index is 1.52. The molecule has 0 spiro atoms. The van der Waals surface area contributed by atoms with Gasteiger partial charge in [0.05, 0.1) is 6.10 Å². The second kappa shape index (κ2) is 8.84. The van der Waals surface area contributed by atoms with Crippen molar-refractivity contribution in [1.82, 2.24) is 10.2 Å². The van der Waals surface area contributed by atoms with Gasteiger partial charge in [0.15, 0.2) is 0 Å². The van der Waals surface area contributed by atoms with Gasteiger partial charge in [0.25, 0.3) is 0 Å². The van der Waals surface area contributed by atoms with E-state index in [1.807, 2.05) is 0 Å². The smallest absolute Gasteiger partial charge is 0.0692 e. The Kier molecular flexibility index (Phi) is 6.52. The van der Waals surface area contributed by atoms with Crippen LogP contribution in [0.25, 0.3) is 0 Å². The Morgan fingerprint density at radius 1 is 1.12 bits per heavy atom. The van der Waals surface area contributed by atoms with Gasteiger partial charge in [0, 0.05) is 45.0 Å². The molecule has 0 aromatic heterocycles. The van der Waals surface area contributed by atoms with E-state index in [0.717, 1.165) is 39.3 Å². The second-order valence-corrected chi connectivity index (χ2v) is 7.29. The average molecular weight is 332 g/mol. The van der Waals surface area contributed by atoms with E-state index in [1.54, 1.807) is 0 Å². The van der Waals surface area contributed by atoms with Crippen LogP contribution in [0.15, 0.2) is 24.3 Å². The summed E-state index contributed by atoms with van der Waals surface area (Å²) in [6.45, 7) is 9.46. The fourth-order valence-electron chi connectivity index (χ4n) is 4.14. The Morgan fingerprint density at radius 2 is 1.83 bits per heavy atom. The zero-order valence-corrected chi connectivity index (χ0v) is 15.1. The summed E-state index contributed by atoms with van der Waals surface area (Å²) in [5, 5.41) is 13.8. The van der Waals surface area contributed by atoms with Gasteiger partial charge in [-0.2, -0.15) is 0 Å². The minimum Gasteiger partial charge on any atom is -0.392 e. The molecule has 134 valence electrons.